The lowest BCUT2D eigenvalue weighted by Crippen LogP contribution is -2.22. The second-order valence-corrected chi connectivity index (χ2v) is 6.58. The van der Waals surface area contributed by atoms with E-state index in [0.717, 1.165) is 21.8 Å². The van der Waals surface area contributed by atoms with Crippen LogP contribution in [0.3, 0.4) is 0 Å². The summed E-state index contributed by atoms with van der Waals surface area (Å²) in [6.07, 6.45) is 2.45. The molecule has 0 aliphatic heterocycles. The lowest BCUT2D eigenvalue weighted by atomic mass is 10.1. The third-order valence-corrected chi connectivity index (χ3v) is 4.52. The van der Waals surface area contributed by atoms with Crippen LogP contribution in [0.4, 0.5) is 0 Å². The predicted octanol–water partition coefficient (Wildman–Crippen LogP) is 3.75. The van der Waals surface area contributed by atoms with Crippen molar-refractivity contribution in [1.29, 1.82) is 0 Å². The molecule has 1 unspecified atom stereocenters. The van der Waals surface area contributed by atoms with Gasteiger partial charge in [-0.15, -0.1) is 0 Å². The predicted molar refractivity (Wildman–Crippen MR) is 95.5 cm³/mol. The number of nitrogens with zero attached hydrogens (tertiary/aromatic N) is 4. The molecule has 0 radical (unpaired) electrons. The van der Waals surface area contributed by atoms with Crippen LogP contribution >= 0.6 is 23.2 Å². The van der Waals surface area contributed by atoms with E-state index in [1.807, 2.05) is 36.4 Å². The fourth-order valence-corrected chi connectivity index (χ4v) is 3.40. The van der Waals surface area contributed by atoms with Crippen LogP contribution < -0.4 is 0 Å². The highest BCUT2D eigenvalue weighted by Gasteiger charge is 2.15. The molecule has 2 heterocycles. The van der Waals surface area contributed by atoms with Crippen molar-refractivity contribution in [2.75, 3.05) is 0 Å². The minimum atomic E-state index is -0.600. The van der Waals surface area contributed by atoms with Crippen molar-refractivity contribution < 1.29 is 5.11 Å². The van der Waals surface area contributed by atoms with E-state index in [9.17, 15) is 5.11 Å². The van der Waals surface area contributed by atoms with Crippen molar-refractivity contribution in [3.63, 3.8) is 0 Å². The molecule has 0 amide bonds. The Labute approximate surface area is 148 Å². The normalized spacial score (nSPS) is 13.0. The molecular formula is C17H14Cl2N4O. The van der Waals surface area contributed by atoms with Gasteiger partial charge < -0.3 is 9.67 Å². The van der Waals surface area contributed by atoms with Crippen molar-refractivity contribution >= 4 is 45.0 Å². The van der Waals surface area contributed by atoms with Crippen molar-refractivity contribution in [3.8, 4) is 0 Å². The van der Waals surface area contributed by atoms with Gasteiger partial charge in [-0.25, -0.2) is 4.98 Å². The van der Waals surface area contributed by atoms with Crippen LogP contribution in [0.15, 0.2) is 49.1 Å². The van der Waals surface area contributed by atoms with E-state index in [0.29, 0.717) is 23.1 Å². The molecular weight excluding hydrogens is 347 g/mol. The molecule has 122 valence electrons. The van der Waals surface area contributed by atoms with Crippen molar-refractivity contribution in [2.24, 2.45) is 0 Å². The summed E-state index contributed by atoms with van der Waals surface area (Å²) in [5.74, 6) is 0. The number of hydrogen-bond donors (Lipinski definition) is 1. The Balaban J connectivity index is 1.80. The fourth-order valence-electron chi connectivity index (χ4n) is 3.06. The van der Waals surface area contributed by atoms with Crippen molar-refractivity contribution in [2.45, 2.75) is 19.2 Å². The van der Waals surface area contributed by atoms with Crippen LogP contribution in [0.2, 0.25) is 10.0 Å². The summed E-state index contributed by atoms with van der Waals surface area (Å²) < 4.78 is 3.70. The number of halogens is 2. The zero-order valence-corrected chi connectivity index (χ0v) is 14.1. The maximum atomic E-state index is 10.5. The van der Waals surface area contributed by atoms with E-state index in [4.69, 9.17) is 23.2 Å². The molecule has 1 atom stereocenters. The molecule has 1 N–H and O–H groups in total. The molecule has 0 fully saturated rings. The van der Waals surface area contributed by atoms with Crippen molar-refractivity contribution in [3.05, 3.63) is 59.1 Å². The summed E-state index contributed by atoms with van der Waals surface area (Å²) in [7, 11) is 0. The highest BCUT2D eigenvalue weighted by Crippen LogP contribution is 2.33. The monoisotopic (exact) mass is 360 g/mol. The highest BCUT2D eigenvalue weighted by molar-refractivity contribution is 6.33. The quantitative estimate of drug-likeness (QED) is 0.602. The molecule has 7 heteroatoms. The Morgan fingerprint density at radius 3 is 2.12 bits per heavy atom. The number of hydrogen-bond acceptors (Lipinski definition) is 3. The topological polar surface area (TPSA) is 55.9 Å². The SMILES string of the molecule is OC(Cn1cncn1)Cn1c2ccc(Cl)cc2c2cc(Cl)ccc21. The molecule has 0 saturated heterocycles. The van der Waals surface area contributed by atoms with Gasteiger partial charge in [0.1, 0.15) is 12.7 Å². The van der Waals surface area contributed by atoms with Gasteiger partial charge in [0, 0.05) is 31.9 Å². The summed E-state index contributed by atoms with van der Waals surface area (Å²) >= 11 is 12.3. The largest absolute Gasteiger partial charge is 0.389 e. The number of aliphatic hydroxyl groups is 1. The first-order valence-electron chi connectivity index (χ1n) is 7.49. The Bertz CT molecular complexity index is 951. The molecule has 0 aliphatic rings. The molecule has 2 aromatic carbocycles. The lowest BCUT2D eigenvalue weighted by Gasteiger charge is -2.14. The zero-order chi connectivity index (χ0) is 16.7. The zero-order valence-electron chi connectivity index (χ0n) is 12.6. The Kier molecular flexibility index (Phi) is 3.92. The van der Waals surface area contributed by atoms with Crippen LogP contribution in [-0.4, -0.2) is 30.5 Å². The van der Waals surface area contributed by atoms with E-state index in [1.54, 1.807) is 11.0 Å². The molecule has 24 heavy (non-hydrogen) atoms. The lowest BCUT2D eigenvalue weighted by molar-refractivity contribution is 0.132. The number of aromatic nitrogens is 4. The molecule has 4 aromatic rings. The molecule has 4 rings (SSSR count). The van der Waals surface area contributed by atoms with Gasteiger partial charge in [0.25, 0.3) is 0 Å². The van der Waals surface area contributed by atoms with E-state index in [2.05, 4.69) is 14.6 Å². The average molecular weight is 361 g/mol. The second-order valence-electron chi connectivity index (χ2n) is 5.70. The van der Waals surface area contributed by atoms with E-state index in [1.165, 1.54) is 6.33 Å². The first kappa shape index (κ1) is 15.4. The summed E-state index contributed by atoms with van der Waals surface area (Å²) in [6, 6.07) is 11.5. The minimum absolute atomic E-state index is 0.377. The fraction of sp³-hybridized carbons (Fsp3) is 0.176. The van der Waals surface area contributed by atoms with Crippen LogP contribution in [0.5, 0.6) is 0 Å². The smallest absolute Gasteiger partial charge is 0.137 e. The maximum absolute atomic E-state index is 10.5. The van der Waals surface area contributed by atoms with E-state index in [-0.39, 0.29) is 0 Å². The molecule has 5 nitrogen and oxygen atoms in total. The highest BCUT2D eigenvalue weighted by atomic mass is 35.5. The van der Waals surface area contributed by atoms with Gasteiger partial charge in [0.05, 0.1) is 19.2 Å². The third kappa shape index (κ3) is 2.75. The summed E-state index contributed by atoms with van der Waals surface area (Å²) in [5.41, 5.74) is 2.02. The summed E-state index contributed by atoms with van der Waals surface area (Å²) in [4.78, 5) is 3.90. The van der Waals surface area contributed by atoms with Gasteiger partial charge in [-0.1, -0.05) is 23.2 Å². The van der Waals surface area contributed by atoms with Crippen LogP contribution in [0.25, 0.3) is 21.8 Å². The van der Waals surface area contributed by atoms with Gasteiger partial charge >= 0.3 is 0 Å². The van der Waals surface area contributed by atoms with E-state index < -0.39 is 6.10 Å². The Morgan fingerprint density at radius 1 is 0.958 bits per heavy atom. The Hall–Kier alpha value is -2.08. The van der Waals surface area contributed by atoms with Crippen LogP contribution in [0, 0.1) is 0 Å². The molecule has 0 aliphatic carbocycles. The molecule has 0 spiro atoms. The van der Waals surface area contributed by atoms with Gasteiger partial charge in [-0.05, 0) is 36.4 Å². The second kappa shape index (κ2) is 6.09. The molecule has 2 aromatic heterocycles. The number of aliphatic hydroxyl groups excluding tert-OH is 1. The number of benzene rings is 2. The van der Waals surface area contributed by atoms with Crippen molar-refractivity contribution in [1.82, 2.24) is 19.3 Å². The summed E-state index contributed by atoms with van der Waals surface area (Å²) in [6.45, 7) is 0.811. The summed E-state index contributed by atoms with van der Waals surface area (Å²) in [5, 5.41) is 17.9. The molecule has 0 bridgehead atoms. The Morgan fingerprint density at radius 2 is 1.58 bits per heavy atom. The first-order valence-corrected chi connectivity index (χ1v) is 8.25. The number of fused-ring (bicyclic) bond motifs is 3. The number of rotatable bonds is 4. The third-order valence-electron chi connectivity index (χ3n) is 4.05. The van der Waals surface area contributed by atoms with Crippen LogP contribution in [0.1, 0.15) is 0 Å². The van der Waals surface area contributed by atoms with Crippen LogP contribution in [-0.2, 0) is 13.1 Å². The van der Waals surface area contributed by atoms with Gasteiger partial charge in [-0.2, -0.15) is 5.10 Å². The van der Waals surface area contributed by atoms with E-state index >= 15 is 0 Å². The first-order chi connectivity index (χ1) is 11.6. The maximum Gasteiger partial charge on any atom is 0.137 e. The standard InChI is InChI=1S/C17H14Cl2N4O/c18-11-1-3-16-14(5-11)15-6-12(19)2-4-17(15)23(16)8-13(24)7-22-10-20-9-21-22/h1-6,9-10,13,24H,7-8H2. The molecule has 0 saturated carbocycles. The van der Waals surface area contributed by atoms with Gasteiger partial charge in [0.15, 0.2) is 0 Å². The van der Waals surface area contributed by atoms with Gasteiger partial charge in [0.2, 0.25) is 0 Å². The van der Waals surface area contributed by atoms with Gasteiger partial charge in [-0.3, -0.25) is 4.68 Å². The minimum Gasteiger partial charge on any atom is -0.389 e. The average Bonchev–Trinajstić information content (AvgIpc) is 3.15.